The van der Waals surface area contributed by atoms with Crippen molar-refractivity contribution in [2.24, 2.45) is 0 Å². The molecule has 0 saturated carbocycles. The highest BCUT2D eigenvalue weighted by molar-refractivity contribution is 5.89. The number of nitrogens with one attached hydrogen (secondary N) is 2. The molecule has 0 aromatic heterocycles. The summed E-state index contributed by atoms with van der Waals surface area (Å²) in [6, 6.07) is 12.0. The average Bonchev–Trinajstić information content (AvgIpc) is 2.48. The lowest BCUT2D eigenvalue weighted by Gasteiger charge is -2.19. The van der Waals surface area contributed by atoms with Gasteiger partial charge in [0.1, 0.15) is 5.82 Å². The molecule has 2 amide bonds. The van der Waals surface area contributed by atoms with E-state index >= 15 is 0 Å². The number of carbonyl (C=O) groups is 1. The van der Waals surface area contributed by atoms with E-state index in [9.17, 15) is 9.18 Å². The van der Waals surface area contributed by atoms with Gasteiger partial charge in [-0.05, 0) is 53.3 Å². The highest BCUT2D eigenvalue weighted by atomic mass is 19.1. The molecule has 0 bridgehead atoms. The lowest BCUT2D eigenvalue weighted by Crippen LogP contribution is -2.28. The van der Waals surface area contributed by atoms with Gasteiger partial charge in [-0.3, -0.25) is 0 Å². The normalized spacial score (nSPS) is 11.2. The SMILES string of the molecule is Cc1ccc(F)cc1CNC(=O)Nc1ccc(C(C)(C)C)cc1. The van der Waals surface area contributed by atoms with Crippen LogP contribution in [-0.2, 0) is 12.0 Å². The molecule has 122 valence electrons. The number of hydrogen-bond acceptors (Lipinski definition) is 1. The Kier molecular flexibility index (Phi) is 5.04. The lowest BCUT2D eigenvalue weighted by molar-refractivity contribution is 0.251. The highest BCUT2D eigenvalue weighted by Gasteiger charge is 2.13. The van der Waals surface area contributed by atoms with Crippen LogP contribution in [0.2, 0.25) is 0 Å². The minimum absolute atomic E-state index is 0.0791. The number of amides is 2. The first-order chi connectivity index (χ1) is 10.8. The molecule has 2 aromatic rings. The van der Waals surface area contributed by atoms with Gasteiger partial charge in [0, 0.05) is 12.2 Å². The smallest absolute Gasteiger partial charge is 0.319 e. The number of carbonyl (C=O) groups excluding carboxylic acids is 1. The van der Waals surface area contributed by atoms with Gasteiger partial charge in [0.15, 0.2) is 0 Å². The predicted molar refractivity (Wildman–Crippen MR) is 92.1 cm³/mol. The van der Waals surface area contributed by atoms with Crippen LogP contribution in [-0.4, -0.2) is 6.03 Å². The summed E-state index contributed by atoms with van der Waals surface area (Å²) in [5.74, 6) is -0.300. The molecule has 0 spiro atoms. The third kappa shape index (κ3) is 4.81. The van der Waals surface area contributed by atoms with E-state index < -0.39 is 0 Å². The zero-order valence-corrected chi connectivity index (χ0v) is 14.0. The van der Waals surface area contributed by atoms with E-state index in [2.05, 4.69) is 31.4 Å². The maximum Gasteiger partial charge on any atom is 0.319 e. The molecular weight excluding hydrogens is 291 g/mol. The summed E-state index contributed by atoms with van der Waals surface area (Å²) in [4.78, 5) is 11.9. The number of benzene rings is 2. The highest BCUT2D eigenvalue weighted by Crippen LogP contribution is 2.23. The molecule has 0 fully saturated rings. The van der Waals surface area contributed by atoms with Crippen LogP contribution in [0, 0.1) is 12.7 Å². The topological polar surface area (TPSA) is 41.1 Å². The van der Waals surface area contributed by atoms with E-state index in [0.29, 0.717) is 0 Å². The molecule has 2 aromatic carbocycles. The van der Waals surface area contributed by atoms with Gasteiger partial charge in [-0.15, -0.1) is 0 Å². The van der Waals surface area contributed by atoms with Crippen molar-refractivity contribution in [1.29, 1.82) is 0 Å². The first-order valence-corrected chi connectivity index (χ1v) is 7.66. The fraction of sp³-hybridized carbons (Fsp3) is 0.316. The van der Waals surface area contributed by atoms with Gasteiger partial charge in [0.05, 0.1) is 0 Å². The Labute approximate surface area is 136 Å². The summed E-state index contributed by atoms with van der Waals surface area (Å²) in [5, 5.41) is 5.52. The molecule has 2 rings (SSSR count). The van der Waals surface area contributed by atoms with Crippen LogP contribution < -0.4 is 10.6 Å². The molecule has 3 nitrogen and oxygen atoms in total. The molecule has 0 heterocycles. The largest absolute Gasteiger partial charge is 0.334 e. The Bertz CT molecular complexity index is 688. The number of urea groups is 1. The van der Waals surface area contributed by atoms with Crippen molar-refractivity contribution in [2.45, 2.75) is 39.7 Å². The summed E-state index contributed by atoms with van der Waals surface area (Å²) < 4.78 is 13.2. The second-order valence-electron chi connectivity index (χ2n) is 6.71. The number of anilines is 1. The standard InChI is InChI=1S/C19H23FN2O/c1-13-5-8-16(20)11-14(13)12-21-18(23)22-17-9-6-15(7-10-17)19(2,3)4/h5-11H,12H2,1-4H3,(H2,21,22,23). The minimum Gasteiger partial charge on any atom is -0.334 e. The van der Waals surface area contributed by atoms with Gasteiger partial charge >= 0.3 is 6.03 Å². The van der Waals surface area contributed by atoms with E-state index in [4.69, 9.17) is 0 Å². The van der Waals surface area contributed by atoms with Crippen LogP contribution in [0.3, 0.4) is 0 Å². The van der Waals surface area contributed by atoms with Gasteiger partial charge in [0.25, 0.3) is 0 Å². The first-order valence-electron chi connectivity index (χ1n) is 7.66. The summed E-state index contributed by atoms with van der Waals surface area (Å²) in [7, 11) is 0. The van der Waals surface area contributed by atoms with Crippen LogP contribution in [0.5, 0.6) is 0 Å². The molecule has 0 saturated heterocycles. The number of rotatable bonds is 3. The van der Waals surface area contributed by atoms with Crippen LogP contribution in [0.4, 0.5) is 14.9 Å². The Hall–Kier alpha value is -2.36. The van der Waals surface area contributed by atoms with Gasteiger partial charge in [-0.1, -0.05) is 39.0 Å². The fourth-order valence-electron chi connectivity index (χ4n) is 2.23. The van der Waals surface area contributed by atoms with E-state index in [1.54, 1.807) is 6.07 Å². The van der Waals surface area contributed by atoms with Gasteiger partial charge in [0.2, 0.25) is 0 Å². The zero-order chi connectivity index (χ0) is 17.0. The second-order valence-corrected chi connectivity index (χ2v) is 6.71. The zero-order valence-electron chi connectivity index (χ0n) is 14.0. The van der Waals surface area contributed by atoms with E-state index in [1.165, 1.54) is 17.7 Å². The molecule has 23 heavy (non-hydrogen) atoms. The maximum absolute atomic E-state index is 13.2. The van der Waals surface area contributed by atoms with Crippen molar-refractivity contribution in [3.8, 4) is 0 Å². The maximum atomic E-state index is 13.2. The predicted octanol–water partition coefficient (Wildman–Crippen LogP) is 4.75. The van der Waals surface area contributed by atoms with Crippen molar-refractivity contribution < 1.29 is 9.18 Å². The Balaban J connectivity index is 1.93. The lowest BCUT2D eigenvalue weighted by atomic mass is 9.87. The molecule has 0 aliphatic rings. The Morgan fingerprint density at radius 2 is 1.74 bits per heavy atom. The van der Waals surface area contributed by atoms with Crippen molar-refractivity contribution in [2.75, 3.05) is 5.32 Å². The summed E-state index contributed by atoms with van der Waals surface area (Å²) in [6.07, 6.45) is 0. The number of halogens is 1. The molecular formula is C19H23FN2O. The molecule has 0 radical (unpaired) electrons. The quantitative estimate of drug-likeness (QED) is 0.843. The van der Waals surface area contributed by atoms with Crippen molar-refractivity contribution in [1.82, 2.24) is 5.32 Å². The Morgan fingerprint density at radius 3 is 2.35 bits per heavy atom. The van der Waals surface area contributed by atoms with Gasteiger partial charge in [-0.25, -0.2) is 9.18 Å². The molecule has 4 heteroatoms. The van der Waals surface area contributed by atoms with E-state index in [-0.39, 0.29) is 23.8 Å². The molecule has 0 atom stereocenters. The van der Waals surface area contributed by atoms with Crippen LogP contribution >= 0.6 is 0 Å². The number of aryl methyl sites for hydroxylation is 1. The molecule has 2 N–H and O–H groups in total. The fourth-order valence-corrected chi connectivity index (χ4v) is 2.23. The van der Waals surface area contributed by atoms with Crippen molar-refractivity contribution in [3.63, 3.8) is 0 Å². The van der Waals surface area contributed by atoms with E-state index in [1.807, 2.05) is 31.2 Å². The van der Waals surface area contributed by atoms with E-state index in [0.717, 1.165) is 16.8 Å². The summed E-state index contributed by atoms with van der Waals surface area (Å²) in [6.45, 7) is 8.60. The second kappa shape index (κ2) is 6.82. The molecule has 0 aliphatic heterocycles. The van der Waals surface area contributed by atoms with Crippen LogP contribution in [0.15, 0.2) is 42.5 Å². The summed E-state index contributed by atoms with van der Waals surface area (Å²) in [5.41, 5.74) is 3.73. The average molecular weight is 314 g/mol. The van der Waals surface area contributed by atoms with Crippen LogP contribution in [0.25, 0.3) is 0 Å². The first kappa shape index (κ1) is 17.0. The summed E-state index contributed by atoms with van der Waals surface area (Å²) >= 11 is 0. The van der Waals surface area contributed by atoms with Gasteiger partial charge < -0.3 is 10.6 Å². The molecule has 0 aliphatic carbocycles. The third-order valence-corrected chi connectivity index (χ3v) is 3.76. The van der Waals surface area contributed by atoms with Crippen LogP contribution in [0.1, 0.15) is 37.5 Å². The van der Waals surface area contributed by atoms with Gasteiger partial charge in [-0.2, -0.15) is 0 Å². The third-order valence-electron chi connectivity index (χ3n) is 3.76. The van der Waals surface area contributed by atoms with Crippen molar-refractivity contribution in [3.05, 3.63) is 65.0 Å². The molecule has 0 unspecified atom stereocenters. The minimum atomic E-state index is -0.308. The number of hydrogen-bond donors (Lipinski definition) is 2. The van der Waals surface area contributed by atoms with Crippen molar-refractivity contribution >= 4 is 11.7 Å². The Morgan fingerprint density at radius 1 is 1.09 bits per heavy atom. The monoisotopic (exact) mass is 314 g/mol.